The zero-order chi connectivity index (χ0) is 16.8. The minimum Gasteiger partial charge on any atom is -0.497 e. The van der Waals surface area contributed by atoms with E-state index >= 15 is 0 Å². The maximum atomic E-state index is 12.6. The molecule has 0 saturated carbocycles. The first-order chi connectivity index (χ1) is 11.0. The highest BCUT2D eigenvalue weighted by Gasteiger charge is 2.15. The van der Waals surface area contributed by atoms with Crippen molar-refractivity contribution in [2.45, 2.75) is 37.0 Å². The van der Waals surface area contributed by atoms with Crippen LogP contribution in [-0.4, -0.2) is 18.3 Å². The van der Waals surface area contributed by atoms with Gasteiger partial charge in [0.2, 0.25) is 0 Å². The first-order valence-corrected chi connectivity index (χ1v) is 8.59. The normalized spacial score (nSPS) is 12.0. The minimum atomic E-state index is -0.0643. The molecule has 0 unspecified atom stereocenters. The maximum Gasteiger partial charge on any atom is 0.252 e. The molecule has 0 saturated heterocycles. The molecule has 0 aromatic heterocycles. The van der Waals surface area contributed by atoms with Crippen LogP contribution < -0.4 is 10.1 Å². The molecule has 0 bridgehead atoms. The highest BCUT2D eigenvalue weighted by molar-refractivity contribution is 8.00. The number of methoxy groups -OCH3 is 1. The van der Waals surface area contributed by atoms with Gasteiger partial charge < -0.3 is 10.1 Å². The Morgan fingerprint density at radius 2 is 1.70 bits per heavy atom. The highest BCUT2D eigenvalue weighted by Crippen LogP contribution is 2.27. The molecule has 122 valence electrons. The largest absolute Gasteiger partial charge is 0.497 e. The molecule has 0 aliphatic carbocycles. The van der Waals surface area contributed by atoms with Crippen LogP contribution >= 0.6 is 11.8 Å². The van der Waals surface area contributed by atoms with Gasteiger partial charge in [-0.15, -0.1) is 11.8 Å². The zero-order valence-electron chi connectivity index (χ0n) is 14.0. The van der Waals surface area contributed by atoms with E-state index in [0.717, 1.165) is 21.8 Å². The molecule has 1 atom stereocenters. The van der Waals surface area contributed by atoms with E-state index in [1.807, 2.05) is 55.5 Å². The van der Waals surface area contributed by atoms with Gasteiger partial charge in [0.15, 0.2) is 0 Å². The molecule has 23 heavy (non-hydrogen) atoms. The van der Waals surface area contributed by atoms with E-state index in [9.17, 15) is 4.79 Å². The smallest absolute Gasteiger partial charge is 0.252 e. The van der Waals surface area contributed by atoms with Gasteiger partial charge in [-0.3, -0.25) is 4.79 Å². The molecule has 2 rings (SSSR count). The summed E-state index contributed by atoms with van der Waals surface area (Å²) in [7, 11) is 1.64. The number of rotatable bonds is 6. The lowest BCUT2D eigenvalue weighted by Crippen LogP contribution is -2.27. The fraction of sp³-hybridized carbons (Fsp3) is 0.316. The van der Waals surface area contributed by atoms with E-state index in [4.69, 9.17) is 4.74 Å². The second-order valence-electron chi connectivity index (χ2n) is 5.63. The molecule has 1 amide bonds. The summed E-state index contributed by atoms with van der Waals surface area (Å²) in [5.41, 5.74) is 1.78. The first-order valence-electron chi connectivity index (χ1n) is 7.71. The van der Waals surface area contributed by atoms with Crippen LogP contribution in [0.3, 0.4) is 0 Å². The van der Waals surface area contributed by atoms with Crippen LogP contribution in [0.15, 0.2) is 53.4 Å². The number of thioether (sulfide) groups is 1. The van der Waals surface area contributed by atoms with Gasteiger partial charge in [0.1, 0.15) is 5.75 Å². The Kier molecular flexibility index (Phi) is 6.11. The van der Waals surface area contributed by atoms with Crippen LogP contribution in [0.1, 0.15) is 42.7 Å². The summed E-state index contributed by atoms with van der Waals surface area (Å²) >= 11 is 1.70. The molecule has 0 radical (unpaired) electrons. The molecule has 0 aliphatic heterocycles. The summed E-state index contributed by atoms with van der Waals surface area (Å²) in [5, 5.41) is 3.50. The van der Waals surface area contributed by atoms with Crippen molar-refractivity contribution in [3.63, 3.8) is 0 Å². The quantitative estimate of drug-likeness (QED) is 0.782. The number of amides is 1. The second-order valence-corrected chi connectivity index (χ2v) is 7.25. The zero-order valence-corrected chi connectivity index (χ0v) is 14.8. The number of hydrogen-bond acceptors (Lipinski definition) is 3. The number of nitrogens with one attached hydrogen (secondary N) is 1. The summed E-state index contributed by atoms with van der Waals surface area (Å²) in [6.45, 7) is 6.23. The standard InChI is InChI=1S/C19H23NO2S/c1-13(2)23-18-8-6-5-7-17(18)19(21)20-14(3)15-9-11-16(22-4)12-10-15/h5-14H,1-4H3,(H,20,21)/t14-/m1/s1. The molecule has 2 aromatic rings. The van der Waals surface area contributed by atoms with Crippen molar-refractivity contribution in [2.24, 2.45) is 0 Å². The third-order valence-electron chi connectivity index (χ3n) is 3.46. The topological polar surface area (TPSA) is 38.3 Å². The van der Waals surface area contributed by atoms with Crippen LogP contribution in [0.4, 0.5) is 0 Å². The van der Waals surface area contributed by atoms with Gasteiger partial charge in [-0.05, 0) is 36.8 Å². The van der Waals surface area contributed by atoms with Crippen LogP contribution in [0.25, 0.3) is 0 Å². The lowest BCUT2D eigenvalue weighted by atomic mass is 10.1. The fourth-order valence-electron chi connectivity index (χ4n) is 2.26. The number of ether oxygens (including phenoxy) is 1. The van der Waals surface area contributed by atoms with E-state index in [0.29, 0.717) is 5.25 Å². The Labute approximate surface area is 142 Å². The van der Waals surface area contributed by atoms with Crippen molar-refractivity contribution < 1.29 is 9.53 Å². The Hall–Kier alpha value is -1.94. The summed E-state index contributed by atoms with van der Waals surface area (Å²) in [6, 6.07) is 15.4. The van der Waals surface area contributed by atoms with Gasteiger partial charge in [0.05, 0.1) is 18.7 Å². The first kappa shape index (κ1) is 17.4. The maximum absolute atomic E-state index is 12.6. The summed E-state index contributed by atoms with van der Waals surface area (Å²) in [5.74, 6) is 0.767. The van der Waals surface area contributed by atoms with Gasteiger partial charge in [-0.2, -0.15) is 0 Å². The van der Waals surface area contributed by atoms with E-state index in [1.54, 1.807) is 18.9 Å². The monoisotopic (exact) mass is 329 g/mol. The van der Waals surface area contributed by atoms with Gasteiger partial charge in [0.25, 0.3) is 5.91 Å². The van der Waals surface area contributed by atoms with Crippen molar-refractivity contribution in [2.75, 3.05) is 7.11 Å². The average Bonchev–Trinajstić information content (AvgIpc) is 2.54. The molecule has 0 spiro atoms. The van der Waals surface area contributed by atoms with E-state index < -0.39 is 0 Å². The van der Waals surface area contributed by atoms with Crippen LogP contribution in [-0.2, 0) is 0 Å². The van der Waals surface area contributed by atoms with Gasteiger partial charge in [0, 0.05) is 10.1 Å². The van der Waals surface area contributed by atoms with Crippen molar-refractivity contribution in [1.29, 1.82) is 0 Å². The molecule has 1 N–H and O–H groups in total. The summed E-state index contributed by atoms with van der Waals surface area (Å²) in [4.78, 5) is 13.6. The van der Waals surface area contributed by atoms with E-state index in [2.05, 4.69) is 19.2 Å². The lowest BCUT2D eigenvalue weighted by Gasteiger charge is -2.17. The molecule has 2 aromatic carbocycles. The van der Waals surface area contributed by atoms with Crippen molar-refractivity contribution >= 4 is 17.7 Å². The number of carbonyl (C=O) groups is 1. The van der Waals surface area contributed by atoms with Gasteiger partial charge >= 0.3 is 0 Å². The third-order valence-corrected chi connectivity index (χ3v) is 4.54. The van der Waals surface area contributed by atoms with Crippen molar-refractivity contribution in [1.82, 2.24) is 5.32 Å². The SMILES string of the molecule is COc1ccc([C@@H](C)NC(=O)c2ccccc2SC(C)C)cc1. The molecule has 0 aliphatic rings. The third kappa shape index (κ3) is 4.76. The Morgan fingerprint density at radius 1 is 1.04 bits per heavy atom. The average molecular weight is 329 g/mol. The second kappa shape index (κ2) is 8.06. The van der Waals surface area contributed by atoms with E-state index in [1.165, 1.54) is 0 Å². The Morgan fingerprint density at radius 3 is 2.30 bits per heavy atom. The summed E-state index contributed by atoms with van der Waals surface area (Å²) in [6.07, 6.45) is 0. The van der Waals surface area contributed by atoms with Crippen LogP contribution in [0.5, 0.6) is 5.75 Å². The predicted octanol–water partition coefficient (Wildman–Crippen LogP) is 4.69. The Balaban J connectivity index is 2.11. The predicted molar refractivity (Wildman–Crippen MR) is 96.3 cm³/mol. The number of benzene rings is 2. The molecular formula is C19H23NO2S. The fourth-order valence-corrected chi connectivity index (χ4v) is 3.21. The van der Waals surface area contributed by atoms with Crippen molar-refractivity contribution in [3.05, 3.63) is 59.7 Å². The lowest BCUT2D eigenvalue weighted by molar-refractivity contribution is 0.0937. The number of carbonyl (C=O) groups excluding carboxylic acids is 1. The molecular weight excluding hydrogens is 306 g/mol. The van der Waals surface area contributed by atoms with Crippen molar-refractivity contribution in [3.8, 4) is 5.75 Å². The van der Waals surface area contributed by atoms with Crippen LogP contribution in [0.2, 0.25) is 0 Å². The molecule has 0 heterocycles. The van der Waals surface area contributed by atoms with E-state index in [-0.39, 0.29) is 11.9 Å². The number of hydrogen-bond donors (Lipinski definition) is 1. The molecule has 3 nitrogen and oxygen atoms in total. The highest BCUT2D eigenvalue weighted by atomic mass is 32.2. The Bertz CT molecular complexity index is 653. The van der Waals surface area contributed by atoms with Gasteiger partial charge in [-0.1, -0.05) is 38.1 Å². The molecule has 0 fully saturated rings. The minimum absolute atomic E-state index is 0.0444. The van der Waals surface area contributed by atoms with Crippen LogP contribution in [0, 0.1) is 0 Å². The molecule has 4 heteroatoms. The van der Waals surface area contributed by atoms with Gasteiger partial charge in [-0.25, -0.2) is 0 Å². The summed E-state index contributed by atoms with van der Waals surface area (Å²) < 4.78 is 5.16.